The van der Waals surface area contributed by atoms with Crippen LogP contribution in [0.25, 0.3) is 0 Å². The fourth-order valence-electron chi connectivity index (χ4n) is 0.981. The van der Waals surface area contributed by atoms with Gasteiger partial charge in [0.2, 0.25) is 0 Å². The zero-order chi connectivity index (χ0) is 11.3. The second-order valence-electron chi connectivity index (χ2n) is 2.63. The second kappa shape index (κ2) is 5.19. The van der Waals surface area contributed by atoms with E-state index in [9.17, 15) is 4.79 Å². The average molecular weight is 264 g/mol. The van der Waals surface area contributed by atoms with Crippen LogP contribution in [-0.2, 0) is 0 Å². The Kier molecular flexibility index (Phi) is 3.91. The summed E-state index contributed by atoms with van der Waals surface area (Å²) >= 11 is 3.18. The molecule has 0 aliphatic carbocycles. The highest BCUT2D eigenvalue weighted by Gasteiger charge is 2.08. The lowest BCUT2D eigenvalue weighted by molar-refractivity contribution is 0.0696. The van der Waals surface area contributed by atoms with Gasteiger partial charge in [-0.2, -0.15) is 5.26 Å². The molecule has 0 aliphatic rings. The lowest BCUT2D eigenvalue weighted by Gasteiger charge is -1.99. The van der Waals surface area contributed by atoms with Crippen molar-refractivity contribution in [2.75, 3.05) is 0 Å². The first-order valence-corrected chi connectivity index (χ1v) is 4.83. The molecule has 0 spiro atoms. The Morgan fingerprint density at radius 3 is 2.87 bits per heavy atom. The predicted molar refractivity (Wildman–Crippen MR) is 58.2 cm³/mol. The topological polar surface area (TPSA) is 61.1 Å². The summed E-state index contributed by atoms with van der Waals surface area (Å²) in [5.41, 5.74) is 0.552. The molecule has 3 nitrogen and oxygen atoms in total. The smallest absolute Gasteiger partial charge is 0.337 e. The SMILES string of the molecule is N#CCC#Cc1ccc(Br)cc1C(=O)O. The van der Waals surface area contributed by atoms with Gasteiger partial charge in [-0.25, -0.2) is 4.79 Å². The van der Waals surface area contributed by atoms with Crippen LogP contribution in [0.5, 0.6) is 0 Å². The van der Waals surface area contributed by atoms with Crippen LogP contribution in [0.2, 0.25) is 0 Å². The van der Waals surface area contributed by atoms with E-state index in [1.54, 1.807) is 12.1 Å². The van der Waals surface area contributed by atoms with E-state index in [-0.39, 0.29) is 12.0 Å². The zero-order valence-electron chi connectivity index (χ0n) is 7.62. The Balaban J connectivity index is 3.15. The Hall–Kier alpha value is -1.78. The summed E-state index contributed by atoms with van der Waals surface area (Å²) in [6, 6.07) is 6.67. The summed E-state index contributed by atoms with van der Waals surface area (Å²) in [4.78, 5) is 10.9. The number of halogens is 1. The molecule has 74 valence electrons. The lowest BCUT2D eigenvalue weighted by Crippen LogP contribution is -1.99. The van der Waals surface area contributed by atoms with Crippen molar-refractivity contribution in [1.82, 2.24) is 0 Å². The number of rotatable bonds is 1. The molecule has 0 aliphatic heterocycles. The van der Waals surface area contributed by atoms with Crippen LogP contribution in [0.4, 0.5) is 0 Å². The maximum atomic E-state index is 10.9. The quantitative estimate of drug-likeness (QED) is 0.792. The van der Waals surface area contributed by atoms with Crippen molar-refractivity contribution in [3.05, 3.63) is 33.8 Å². The second-order valence-corrected chi connectivity index (χ2v) is 3.55. The van der Waals surface area contributed by atoms with Crippen LogP contribution in [0.3, 0.4) is 0 Å². The average Bonchev–Trinajstić information content (AvgIpc) is 2.20. The maximum absolute atomic E-state index is 10.9. The third kappa shape index (κ3) is 3.12. The van der Waals surface area contributed by atoms with Gasteiger partial charge in [0, 0.05) is 10.0 Å². The van der Waals surface area contributed by atoms with E-state index in [0.717, 1.165) is 0 Å². The fourth-order valence-corrected chi connectivity index (χ4v) is 1.34. The van der Waals surface area contributed by atoms with Crippen LogP contribution < -0.4 is 0 Å². The van der Waals surface area contributed by atoms with Crippen LogP contribution in [0.1, 0.15) is 22.3 Å². The summed E-state index contributed by atoms with van der Waals surface area (Å²) in [7, 11) is 0. The third-order valence-electron chi connectivity index (χ3n) is 1.60. The minimum absolute atomic E-state index is 0.0924. The van der Waals surface area contributed by atoms with Crippen molar-refractivity contribution < 1.29 is 9.90 Å². The number of carbonyl (C=O) groups is 1. The Labute approximate surface area is 95.5 Å². The molecule has 0 fully saturated rings. The van der Waals surface area contributed by atoms with E-state index in [4.69, 9.17) is 10.4 Å². The molecule has 4 heteroatoms. The van der Waals surface area contributed by atoms with Crippen LogP contribution in [-0.4, -0.2) is 11.1 Å². The molecule has 0 amide bonds. The Bertz CT molecular complexity index is 492. The van der Waals surface area contributed by atoms with Crippen molar-refractivity contribution in [2.45, 2.75) is 6.42 Å². The Morgan fingerprint density at radius 2 is 2.27 bits per heavy atom. The normalized spacial score (nSPS) is 8.53. The van der Waals surface area contributed by atoms with Gasteiger partial charge in [-0.1, -0.05) is 27.8 Å². The summed E-state index contributed by atoms with van der Waals surface area (Å²) in [5, 5.41) is 17.2. The summed E-state index contributed by atoms with van der Waals surface area (Å²) in [6.45, 7) is 0. The first-order valence-electron chi connectivity index (χ1n) is 4.04. The molecule has 0 atom stereocenters. The molecule has 0 saturated heterocycles. The van der Waals surface area contributed by atoms with Gasteiger partial charge >= 0.3 is 5.97 Å². The number of nitriles is 1. The largest absolute Gasteiger partial charge is 0.478 e. The molecule has 0 aromatic heterocycles. The predicted octanol–water partition coefficient (Wildman–Crippen LogP) is 2.41. The number of benzene rings is 1. The number of carboxylic acids is 1. The van der Waals surface area contributed by atoms with Crippen LogP contribution >= 0.6 is 15.9 Å². The molecule has 1 aromatic rings. The molecule has 1 N–H and O–H groups in total. The molecular weight excluding hydrogens is 258 g/mol. The van der Waals surface area contributed by atoms with Crippen LogP contribution in [0, 0.1) is 23.2 Å². The lowest BCUT2D eigenvalue weighted by atomic mass is 10.1. The molecular formula is C11H6BrNO2. The number of hydrogen-bond acceptors (Lipinski definition) is 2. The zero-order valence-corrected chi connectivity index (χ0v) is 9.21. The van der Waals surface area contributed by atoms with Gasteiger partial charge in [-0.05, 0) is 18.2 Å². The minimum atomic E-state index is -1.03. The van der Waals surface area contributed by atoms with Gasteiger partial charge in [-0.15, -0.1) is 0 Å². The van der Waals surface area contributed by atoms with E-state index < -0.39 is 5.97 Å². The molecule has 1 aromatic carbocycles. The molecule has 1 rings (SSSR count). The highest BCUT2D eigenvalue weighted by atomic mass is 79.9. The number of nitrogens with zero attached hydrogens (tertiary/aromatic N) is 1. The van der Waals surface area contributed by atoms with Crippen molar-refractivity contribution in [2.24, 2.45) is 0 Å². The van der Waals surface area contributed by atoms with Gasteiger partial charge in [-0.3, -0.25) is 0 Å². The van der Waals surface area contributed by atoms with Crippen molar-refractivity contribution in [1.29, 1.82) is 5.26 Å². The van der Waals surface area contributed by atoms with Crippen molar-refractivity contribution >= 4 is 21.9 Å². The van der Waals surface area contributed by atoms with Gasteiger partial charge < -0.3 is 5.11 Å². The molecule has 0 heterocycles. The molecule has 15 heavy (non-hydrogen) atoms. The maximum Gasteiger partial charge on any atom is 0.337 e. The summed E-state index contributed by atoms with van der Waals surface area (Å²) < 4.78 is 0.686. The first-order chi connectivity index (χ1) is 7.15. The molecule has 0 bridgehead atoms. The Morgan fingerprint density at radius 1 is 1.53 bits per heavy atom. The van der Waals surface area contributed by atoms with Gasteiger partial charge in [0.1, 0.15) is 0 Å². The van der Waals surface area contributed by atoms with Crippen molar-refractivity contribution in [3.63, 3.8) is 0 Å². The number of carboxylic acid groups (broad SMARTS) is 1. The number of hydrogen-bond donors (Lipinski definition) is 1. The van der Waals surface area contributed by atoms with Crippen LogP contribution in [0.15, 0.2) is 22.7 Å². The van der Waals surface area contributed by atoms with Gasteiger partial charge in [0.25, 0.3) is 0 Å². The molecule has 0 radical (unpaired) electrons. The fraction of sp³-hybridized carbons (Fsp3) is 0.0909. The summed E-state index contributed by atoms with van der Waals surface area (Å²) in [5.74, 6) is 4.19. The van der Waals surface area contributed by atoms with E-state index >= 15 is 0 Å². The first kappa shape index (κ1) is 11.3. The van der Waals surface area contributed by atoms with E-state index in [1.165, 1.54) is 6.07 Å². The van der Waals surface area contributed by atoms with E-state index in [0.29, 0.717) is 10.0 Å². The minimum Gasteiger partial charge on any atom is -0.478 e. The number of aromatic carboxylic acids is 1. The highest BCUT2D eigenvalue weighted by molar-refractivity contribution is 9.10. The monoisotopic (exact) mass is 263 g/mol. The highest BCUT2D eigenvalue weighted by Crippen LogP contribution is 2.16. The van der Waals surface area contributed by atoms with E-state index in [1.807, 2.05) is 6.07 Å². The molecule has 0 unspecified atom stereocenters. The third-order valence-corrected chi connectivity index (χ3v) is 2.10. The summed E-state index contributed by atoms with van der Waals surface area (Å²) in [6.07, 6.45) is 0.0924. The van der Waals surface area contributed by atoms with Crippen molar-refractivity contribution in [3.8, 4) is 17.9 Å². The molecule has 0 saturated carbocycles. The van der Waals surface area contributed by atoms with Gasteiger partial charge in [0.05, 0.1) is 18.1 Å². The van der Waals surface area contributed by atoms with E-state index in [2.05, 4.69) is 27.8 Å². The van der Waals surface area contributed by atoms with Gasteiger partial charge in [0.15, 0.2) is 0 Å². The standard InChI is InChI=1S/C11H6BrNO2/c12-9-5-4-8(3-1-2-6-13)10(7-9)11(14)15/h4-5,7H,2H2,(H,14,15).